The molecule has 41 heavy (non-hydrogen) atoms. The van der Waals surface area contributed by atoms with Crippen molar-refractivity contribution in [2.75, 3.05) is 30.8 Å². The molecule has 3 aromatic rings. The van der Waals surface area contributed by atoms with Crippen molar-refractivity contribution in [3.63, 3.8) is 0 Å². The number of carbonyl (C=O) groups excluding carboxylic acids is 2. The lowest BCUT2D eigenvalue weighted by Gasteiger charge is -2.33. The Bertz CT molecular complexity index is 1380. The summed E-state index contributed by atoms with van der Waals surface area (Å²) in [5, 5.41) is 2.87. The van der Waals surface area contributed by atoms with Gasteiger partial charge in [0, 0.05) is 13.1 Å². The number of amides is 2. The van der Waals surface area contributed by atoms with E-state index in [1.165, 1.54) is 4.90 Å². The van der Waals surface area contributed by atoms with Crippen molar-refractivity contribution in [2.24, 2.45) is 0 Å². The van der Waals surface area contributed by atoms with Crippen molar-refractivity contribution in [1.29, 1.82) is 0 Å². The predicted octanol–water partition coefficient (Wildman–Crippen LogP) is 4.37. The molecule has 3 rings (SSSR count). The molecule has 0 heterocycles. The van der Waals surface area contributed by atoms with Crippen LogP contribution in [0.4, 0.5) is 5.69 Å². The molecule has 0 spiro atoms. The van der Waals surface area contributed by atoms with E-state index in [9.17, 15) is 18.0 Å². The molecular formula is C31H39N3O6S. The van der Waals surface area contributed by atoms with E-state index in [-0.39, 0.29) is 12.5 Å². The molecule has 0 saturated carbocycles. The Morgan fingerprint density at radius 2 is 1.59 bits per heavy atom. The number of hydrogen-bond donors (Lipinski definition) is 1. The van der Waals surface area contributed by atoms with E-state index in [0.717, 1.165) is 28.1 Å². The first kappa shape index (κ1) is 31.5. The van der Waals surface area contributed by atoms with Gasteiger partial charge in [0.15, 0.2) is 0 Å². The smallest absolute Gasteiger partial charge is 0.244 e. The quantitative estimate of drug-likeness (QED) is 0.286. The van der Waals surface area contributed by atoms with Gasteiger partial charge in [-0.2, -0.15) is 0 Å². The van der Waals surface area contributed by atoms with Crippen LogP contribution in [0, 0.1) is 0 Å². The second-order valence-electron chi connectivity index (χ2n) is 9.63. The van der Waals surface area contributed by atoms with Crippen molar-refractivity contribution in [1.82, 2.24) is 10.2 Å². The molecule has 0 radical (unpaired) electrons. The van der Waals surface area contributed by atoms with Crippen molar-refractivity contribution in [2.45, 2.75) is 45.9 Å². The molecule has 0 unspecified atom stereocenters. The fourth-order valence-electron chi connectivity index (χ4n) is 4.32. The largest absolute Gasteiger partial charge is 0.497 e. The maximum Gasteiger partial charge on any atom is 0.244 e. The lowest BCUT2D eigenvalue weighted by molar-refractivity contribution is -0.140. The number of hydrogen-bond acceptors (Lipinski definition) is 6. The van der Waals surface area contributed by atoms with E-state index in [0.29, 0.717) is 36.8 Å². The van der Waals surface area contributed by atoms with E-state index in [4.69, 9.17) is 9.47 Å². The number of methoxy groups -OCH3 is 1. The van der Waals surface area contributed by atoms with Crippen LogP contribution in [-0.2, 0) is 32.8 Å². The van der Waals surface area contributed by atoms with Gasteiger partial charge in [0.25, 0.3) is 0 Å². The first-order valence-corrected chi connectivity index (χ1v) is 15.5. The number of carbonyl (C=O) groups is 2. The van der Waals surface area contributed by atoms with Gasteiger partial charge in [-0.15, -0.1) is 0 Å². The van der Waals surface area contributed by atoms with E-state index in [2.05, 4.69) is 5.32 Å². The summed E-state index contributed by atoms with van der Waals surface area (Å²) in [6.45, 7) is 4.26. The Hall–Kier alpha value is -4.05. The summed E-state index contributed by atoms with van der Waals surface area (Å²) < 4.78 is 37.9. The topological polar surface area (TPSA) is 105 Å². The highest BCUT2D eigenvalue weighted by atomic mass is 32.2. The SMILES string of the molecule is CCCNC(=O)[C@@H](CC)N(Cc1cccc(OC)c1)C(=O)CN(c1ccc(OCc2ccccc2)cc1)S(C)(=O)=O. The Balaban J connectivity index is 1.85. The zero-order chi connectivity index (χ0) is 29.8. The van der Waals surface area contributed by atoms with Gasteiger partial charge in [0.05, 0.1) is 19.1 Å². The maximum absolute atomic E-state index is 13.8. The molecule has 2 amide bonds. The third-order valence-electron chi connectivity index (χ3n) is 6.47. The average Bonchev–Trinajstić information content (AvgIpc) is 2.98. The zero-order valence-corrected chi connectivity index (χ0v) is 24.9. The van der Waals surface area contributed by atoms with Crippen molar-refractivity contribution in [3.8, 4) is 11.5 Å². The van der Waals surface area contributed by atoms with Gasteiger partial charge in [-0.3, -0.25) is 13.9 Å². The lowest BCUT2D eigenvalue weighted by atomic mass is 10.1. The monoisotopic (exact) mass is 581 g/mol. The van der Waals surface area contributed by atoms with Crippen LogP contribution >= 0.6 is 0 Å². The van der Waals surface area contributed by atoms with Crippen molar-refractivity contribution >= 4 is 27.5 Å². The van der Waals surface area contributed by atoms with E-state index in [1.54, 1.807) is 49.6 Å². The van der Waals surface area contributed by atoms with Crippen LogP contribution in [0.1, 0.15) is 37.8 Å². The number of anilines is 1. The predicted molar refractivity (Wildman–Crippen MR) is 160 cm³/mol. The molecule has 10 heteroatoms. The molecule has 0 aliphatic heterocycles. The van der Waals surface area contributed by atoms with Gasteiger partial charge in [-0.05, 0) is 60.4 Å². The Kier molecular flexibility index (Phi) is 11.6. The Morgan fingerprint density at radius 1 is 0.902 bits per heavy atom. The molecule has 3 aromatic carbocycles. The van der Waals surface area contributed by atoms with Crippen molar-refractivity contribution in [3.05, 3.63) is 90.0 Å². The fourth-order valence-corrected chi connectivity index (χ4v) is 5.17. The van der Waals surface area contributed by atoms with E-state index < -0.39 is 28.5 Å². The Morgan fingerprint density at radius 3 is 2.20 bits per heavy atom. The first-order chi connectivity index (χ1) is 19.7. The second kappa shape index (κ2) is 15.1. The number of rotatable bonds is 15. The molecule has 0 aliphatic carbocycles. The van der Waals surface area contributed by atoms with E-state index in [1.807, 2.05) is 50.2 Å². The Labute approximate surface area is 243 Å². The molecule has 0 bridgehead atoms. The molecular weight excluding hydrogens is 542 g/mol. The van der Waals surface area contributed by atoms with Gasteiger partial charge in [-0.1, -0.05) is 56.3 Å². The standard InChI is InChI=1S/C31H39N3O6S/c1-5-19-32-31(36)29(6-2)33(21-25-13-10-14-28(20-25)39-3)30(35)22-34(41(4,37)38)26-15-17-27(18-16-26)40-23-24-11-8-7-9-12-24/h7-18,20,29H,5-6,19,21-23H2,1-4H3,(H,32,36)/t29-/m1/s1. The summed E-state index contributed by atoms with van der Waals surface area (Å²) >= 11 is 0. The number of nitrogens with zero attached hydrogens (tertiary/aromatic N) is 2. The molecule has 1 atom stereocenters. The molecule has 0 fully saturated rings. The van der Waals surface area contributed by atoms with Crippen LogP contribution in [0.3, 0.4) is 0 Å². The van der Waals surface area contributed by atoms with Gasteiger partial charge in [-0.25, -0.2) is 8.42 Å². The first-order valence-electron chi connectivity index (χ1n) is 13.6. The van der Waals surface area contributed by atoms with Crippen LogP contribution in [-0.4, -0.2) is 57.6 Å². The van der Waals surface area contributed by atoms with Crippen molar-refractivity contribution < 1.29 is 27.5 Å². The van der Waals surface area contributed by atoms with Crippen LogP contribution in [0.15, 0.2) is 78.9 Å². The minimum atomic E-state index is -3.84. The summed E-state index contributed by atoms with van der Waals surface area (Å²) in [4.78, 5) is 28.3. The molecule has 0 saturated heterocycles. The maximum atomic E-state index is 13.8. The van der Waals surface area contributed by atoms with Crippen LogP contribution < -0.4 is 19.1 Å². The molecule has 0 aliphatic rings. The third-order valence-corrected chi connectivity index (χ3v) is 7.62. The number of sulfonamides is 1. The highest BCUT2D eigenvalue weighted by Gasteiger charge is 2.31. The third kappa shape index (κ3) is 9.24. The van der Waals surface area contributed by atoms with Crippen LogP contribution in [0.5, 0.6) is 11.5 Å². The zero-order valence-electron chi connectivity index (χ0n) is 24.1. The fraction of sp³-hybridized carbons (Fsp3) is 0.355. The summed E-state index contributed by atoms with van der Waals surface area (Å²) in [5.41, 5.74) is 2.08. The minimum absolute atomic E-state index is 0.109. The van der Waals surface area contributed by atoms with Gasteiger partial charge in [0.2, 0.25) is 21.8 Å². The van der Waals surface area contributed by atoms with Gasteiger partial charge < -0.3 is 19.7 Å². The summed E-state index contributed by atoms with van der Waals surface area (Å²) in [7, 11) is -2.29. The van der Waals surface area contributed by atoms with E-state index >= 15 is 0 Å². The summed E-state index contributed by atoms with van der Waals surface area (Å²) in [6.07, 6.45) is 2.16. The number of nitrogens with one attached hydrogen (secondary N) is 1. The van der Waals surface area contributed by atoms with Crippen LogP contribution in [0.2, 0.25) is 0 Å². The highest BCUT2D eigenvalue weighted by molar-refractivity contribution is 7.92. The average molecular weight is 582 g/mol. The highest BCUT2D eigenvalue weighted by Crippen LogP contribution is 2.24. The van der Waals surface area contributed by atoms with Crippen LogP contribution in [0.25, 0.3) is 0 Å². The molecule has 0 aromatic heterocycles. The number of ether oxygens (including phenoxy) is 2. The normalized spacial score (nSPS) is 11.8. The second-order valence-corrected chi connectivity index (χ2v) is 11.5. The summed E-state index contributed by atoms with van der Waals surface area (Å²) in [6, 6.07) is 22.7. The minimum Gasteiger partial charge on any atom is -0.497 e. The summed E-state index contributed by atoms with van der Waals surface area (Å²) in [5.74, 6) is 0.402. The molecule has 1 N–H and O–H groups in total. The van der Waals surface area contributed by atoms with Gasteiger partial charge >= 0.3 is 0 Å². The molecule has 9 nitrogen and oxygen atoms in total. The molecule has 220 valence electrons. The lowest BCUT2D eigenvalue weighted by Crippen LogP contribution is -2.52. The number of benzene rings is 3. The van der Waals surface area contributed by atoms with Gasteiger partial charge in [0.1, 0.15) is 30.7 Å².